The number of carbonyl (C=O) groups is 1. The van der Waals surface area contributed by atoms with E-state index in [1.807, 2.05) is 0 Å². The van der Waals surface area contributed by atoms with Crippen LogP contribution in [0.4, 0.5) is 0 Å². The first-order valence-electron chi connectivity index (χ1n) is 10.0. The minimum atomic E-state index is -0.105. The van der Waals surface area contributed by atoms with Crippen LogP contribution in [-0.4, -0.2) is 40.6 Å². The molecule has 0 saturated carbocycles. The minimum Gasteiger partial charge on any atom is -0.347 e. The van der Waals surface area contributed by atoms with Gasteiger partial charge in [-0.2, -0.15) is 5.10 Å². The Kier molecular flexibility index (Phi) is 7.10. The first kappa shape index (κ1) is 20.8. The highest BCUT2D eigenvalue weighted by molar-refractivity contribution is 5.94. The smallest absolute Gasteiger partial charge is 0.272 e. The summed E-state index contributed by atoms with van der Waals surface area (Å²) in [4.78, 5) is 15.1. The summed E-state index contributed by atoms with van der Waals surface area (Å²) < 4.78 is 0. The van der Waals surface area contributed by atoms with Gasteiger partial charge in [-0.05, 0) is 43.0 Å². The Morgan fingerprint density at radius 2 is 2.07 bits per heavy atom. The number of hydrogen-bond acceptors (Lipinski definition) is 4. The summed E-state index contributed by atoms with van der Waals surface area (Å²) in [6, 6.07) is 8.55. The zero-order valence-corrected chi connectivity index (χ0v) is 17.3. The van der Waals surface area contributed by atoms with Crippen LogP contribution in [0.25, 0.3) is 0 Å². The molecule has 0 unspecified atom stereocenters. The molecule has 2 aliphatic rings. The predicted octanol–water partition coefficient (Wildman–Crippen LogP) is 2.64. The zero-order valence-electron chi connectivity index (χ0n) is 16.5. The van der Waals surface area contributed by atoms with Crippen molar-refractivity contribution in [1.29, 1.82) is 0 Å². The molecule has 3 N–H and O–H groups in total. The molecular weight excluding hydrogens is 374 g/mol. The summed E-state index contributed by atoms with van der Waals surface area (Å²) in [5.74, 6) is 0.748. The fourth-order valence-corrected chi connectivity index (χ4v) is 4.00. The van der Waals surface area contributed by atoms with Gasteiger partial charge < -0.3 is 10.6 Å². The molecule has 1 fully saturated rings. The van der Waals surface area contributed by atoms with Gasteiger partial charge in [0.25, 0.3) is 5.91 Å². The molecular formula is C21H30ClN5O. The van der Waals surface area contributed by atoms with Gasteiger partial charge in [0.1, 0.15) is 0 Å². The lowest BCUT2D eigenvalue weighted by Gasteiger charge is -2.30. The largest absolute Gasteiger partial charge is 0.347 e. The second-order valence-electron chi connectivity index (χ2n) is 7.92. The molecule has 4 rings (SSSR count). The number of halogens is 1. The van der Waals surface area contributed by atoms with Crippen molar-refractivity contribution in [2.75, 3.05) is 19.6 Å². The molecule has 1 amide bonds. The van der Waals surface area contributed by atoms with Gasteiger partial charge in [-0.3, -0.25) is 14.8 Å². The van der Waals surface area contributed by atoms with E-state index in [2.05, 4.69) is 56.9 Å². The second-order valence-corrected chi connectivity index (χ2v) is 7.92. The number of aromatic amines is 1. The normalized spacial score (nSPS) is 17.6. The molecule has 28 heavy (non-hydrogen) atoms. The molecule has 6 nitrogen and oxygen atoms in total. The van der Waals surface area contributed by atoms with Gasteiger partial charge in [-0.15, -0.1) is 12.4 Å². The van der Waals surface area contributed by atoms with Crippen LogP contribution in [0.15, 0.2) is 24.3 Å². The highest BCUT2D eigenvalue weighted by Crippen LogP contribution is 2.19. The maximum Gasteiger partial charge on any atom is 0.272 e. The Morgan fingerprint density at radius 1 is 1.29 bits per heavy atom. The van der Waals surface area contributed by atoms with E-state index in [1.165, 1.54) is 31.5 Å². The van der Waals surface area contributed by atoms with Crippen LogP contribution in [-0.2, 0) is 26.1 Å². The standard InChI is InChI=1S/C21H29N5O.ClH/c1-15-6-9-26(10-7-15)14-17-4-2-3-16(11-17)12-23-21(27)20-18-13-22-8-5-19(18)24-25-20;/h2-4,11,15,22H,5-10,12-14H2,1H3,(H,23,27)(H,24,25);1H. The van der Waals surface area contributed by atoms with Gasteiger partial charge in [0.2, 0.25) is 0 Å². The number of carbonyl (C=O) groups excluding carboxylic acids is 1. The lowest BCUT2D eigenvalue weighted by atomic mass is 9.98. The van der Waals surface area contributed by atoms with Gasteiger partial charge >= 0.3 is 0 Å². The van der Waals surface area contributed by atoms with E-state index in [0.29, 0.717) is 18.8 Å². The van der Waals surface area contributed by atoms with Crippen molar-refractivity contribution in [3.05, 3.63) is 52.3 Å². The van der Waals surface area contributed by atoms with Crippen molar-refractivity contribution in [3.8, 4) is 0 Å². The van der Waals surface area contributed by atoms with Crippen LogP contribution in [0.3, 0.4) is 0 Å². The fraction of sp³-hybridized carbons (Fsp3) is 0.524. The Balaban J connectivity index is 0.00000225. The average molecular weight is 404 g/mol. The number of rotatable bonds is 5. The number of likely N-dealkylation sites (tertiary alicyclic amines) is 1. The lowest BCUT2D eigenvalue weighted by Crippen LogP contribution is -2.32. The monoisotopic (exact) mass is 403 g/mol. The van der Waals surface area contributed by atoms with E-state index in [-0.39, 0.29) is 18.3 Å². The number of nitrogens with one attached hydrogen (secondary N) is 3. The molecule has 152 valence electrons. The van der Waals surface area contributed by atoms with Crippen molar-refractivity contribution in [2.24, 2.45) is 5.92 Å². The summed E-state index contributed by atoms with van der Waals surface area (Å²) in [6.07, 6.45) is 3.48. The SMILES string of the molecule is CC1CCN(Cc2cccc(CNC(=O)c3n[nH]c4c3CNCC4)c2)CC1.Cl. The van der Waals surface area contributed by atoms with Gasteiger partial charge in [0, 0.05) is 43.9 Å². The first-order valence-corrected chi connectivity index (χ1v) is 10.0. The molecule has 0 atom stereocenters. The van der Waals surface area contributed by atoms with Crippen LogP contribution in [0.2, 0.25) is 0 Å². The molecule has 1 aromatic carbocycles. The van der Waals surface area contributed by atoms with Crippen molar-refractivity contribution in [2.45, 2.75) is 45.8 Å². The highest BCUT2D eigenvalue weighted by atomic mass is 35.5. The number of nitrogens with zero attached hydrogens (tertiary/aromatic N) is 2. The molecule has 7 heteroatoms. The number of aromatic nitrogens is 2. The topological polar surface area (TPSA) is 73.0 Å². The maximum absolute atomic E-state index is 12.6. The molecule has 0 bridgehead atoms. The van der Waals surface area contributed by atoms with E-state index in [4.69, 9.17) is 0 Å². The average Bonchev–Trinajstić information content (AvgIpc) is 3.13. The number of piperidine rings is 1. The number of benzene rings is 1. The fourth-order valence-electron chi connectivity index (χ4n) is 4.00. The molecule has 1 saturated heterocycles. The van der Waals surface area contributed by atoms with Crippen molar-refractivity contribution < 1.29 is 4.79 Å². The third kappa shape index (κ3) is 4.93. The molecule has 0 spiro atoms. The van der Waals surface area contributed by atoms with Crippen molar-refractivity contribution in [3.63, 3.8) is 0 Å². The third-order valence-corrected chi connectivity index (χ3v) is 5.75. The van der Waals surface area contributed by atoms with Crippen LogP contribution in [0.5, 0.6) is 0 Å². The summed E-state index contributed by atoms with van der Waals surface area (Å²) in [5, 5.41) is 13.6. The van der Waals surface area contributed by atoms with Crippen LogP contribution in [0.1, 0.15) is 52.6 Å². The second kappa shape index (κ2) is 9.54. The predicted molar refractivity (Wildman–Crippen MR) is 113 cm³/mol. The number of fused-ring (bicyclic) bond motifs is 1. The van der Waals surface area contributed by atoms with Crippen LogP contribution >= 0.6 is 12.4 Å². The van der Waals surface area contributed by atoms with Crippen LogP contribution in [0, 0.1) is 5.92 Å². The van der Waals surface area contributed by atoms with E-state index in [0.717, 1.165) is 42.2 Å². The van der Waals surface area contributed by atoms with Crippen molar-refractivity contribution in [1.82, 2.24) is 25.7 Å². The number of hydrogen-bond donors (Lipinski definition) is 3. The molecule has 0 aliphatic carbocycles. The molecule has 2 aromatic rings. The lowest BCUT2D eigenvalue weighted by molar-refractivity contribution is 0.0944. The van der Waals surface area contributed by atoms with Crippen molar-refractivity contribution >= 4 is 18.3 Å². The summed E-state index contributed by atoms with van der Waals surface area (Å²) in [5.41, 5.74) is 5.06. The van der Waals surface area contributed by atoms with E-state index in [9.17, 15) is 4.79 Å². The molecule has 3 heterocycles. The van der Waals surface area contributed by atoms with Gasteiger partial charge in [-0.1, -0.05) is 31.2 Å². The summed E-state index contributed by atoms with van der Waals surface area (Å²) in [6.45, 7) is 7.86. The Bertz CT molecular complexity index is 798. The summed E-state index contributed by atoms with van der Waals surface area (Å²) >= 11 is 0. The van der Waals surface area contributed by atoms with Crippen LogP contribution < -0.4 is 10.6 Å². The third-order valence-electron chi connectivity index (χ3n) is 5.75. The Hall–Kier alpha value is -1.89. The van der Waals surface area contributed by atoms with E-state index < -0.39 is 0 Å². The minimum absolute atomic E-state index is 0. The first-order chi connectivity index (χ1) is 13.2. The van der Waals surface area contributed by atoms with Gasteiger partial charge in [0.05, 0.1) is 0 Å². The van der Waals surface area contributed by atoms with E-state index in [1.54, 1.807) is 0 Å². The zero-order chi connectivity index (χ0) is 18.6. The molecule has 0 radical (unpaired) electrons. The summed E-state index contributed by atoms with van der Waals surface area (Å²) in [7, 11) is 0. The Morgan fingerprint density at radius 3 is 2.89 bits per heavy atom. The van der Waals surface area contributed by atoms with Gasteiger partial charge in [0.15, 0.2) is 5.69 Å². The molecule has 1 aromatic heterocycles. The number of H-pyrrole nitrogens is 1. The Labute approximate surface area is 172 Å². The number of amides is 1. The maximum atomic E-state index is 12.6. The highest BCUT2D eigenvalue weighted by Gasteiger charge is 2.21. The quantitative estimate of drug-likeness (QED) is 0.717. The van der Waals surface area contributed by atoms with Gasteiger partial charge in [-0.25, -0.2) is 0 Å². The molecule has 2 aliphatic heterocycles. The van der Waals surface area contributed by atoms with E-state index >= 15 is 0 Å².